The Morgan fingerprint density at radius 2 is 1.85 bits per heavy atom. The first-order chi connectivity index (χ1) is 13.0. The fourth-order valence-electron chi connectivity index (χ4n) is 2.77. The van der Waals surface area contributed by atoms with Gasteiger partial charge in [-0.15, -0.1) is 0 Å². The lowest BCUT2D eigenvalue weighted by molar-refractivity contribution is -0.386. The molecule has 1 heterocycles. The van der Waals surface area contributed by atoms with Crippen molar-refractivity contribution in [2.45, 2.75) is 13.0 Å². The van der Waals surface area contributed by atoms with Crippen LogP contribution in [0.3, 0.4) is 0 Å². The summed E-state index contributed by atoms with van der Waals surface area (Å²) in [4.78, 5) is 25.1. The highest BCUT2D eigenvalue weighted by Crippen LogP contribution is 2.27. The fourth-order valence-corrected chi connectivity index (χ4v) is 2.77. The van der Waals surface area contributed by atoms with Crippen LogP contribution in [0.4, 0.5) is 17.1 Å². The lowest BCUT2D eigenvalue weighted by atomic mass is 10.2. The molecule has 0 radical (unpaired) electrons. The average molecular weight is 371 g/mol. The van der Waals surface area contributed by atoms with Crippen LogP contribution in [0, 0.1) is 10.1 Å². The Morgan fingerprint density at radius 1 is 1.19 bits per heavy atom. The molecule has 1 aliphatic rings. The van der Waals surface area contributed by atoms with E-state index in [-0.39, 0.29) is 17.3 Å². The Morgan fingerprint density at radius 3 is 2.52 bits per heavy atom. The molecule has 0 unspecified atom stereocenters. The van der Waals surface area contributed by atoms with Gasteiger partial charge in [0.1, 0.15) is 0 Å². The molecule has 1 N–H and O–H groups in total. The third-order valence-corrected chi connectivity index (χ3v) is 4.25. The van der Waals surface area contributed by atoms with E-state index in [1.54, 1.807) is 19.1 Å². The molecule has 1 fully saturated rings. The van der Waals surface area contributed by atoms with Crippen molar-refractivity contribution in [1.29, 1.82) is 0 Å². The van der Waals surface area contributed by atoms with Gasteiger partial charge in [-0.2, -0.15) is 0 Å². The van der Waals surface area contributed by atoms with Crippen LogP contribution >= 0.6 is 0 Å². The van der Waals surface area contributed by atoms with Gasteiger partial charge in [0.2, 0.25) is 0 Å². The zero-order chi connectivity index (χ0) is 19.2. The van der Waals surface area contributed by atoms with Crippen molar-refractivity contribution in [2.24, 2.45) is 0 Å². The van der Waals surface area contributed by atoms with Gasteiger partial charge < -0.3 is 19.7 Å². The standard InChI is InChI=1S/C19H21N3O5/c1-14(27-18-5-3-2-4-17(18)22(24)25)19(23)20-15-6-8-16(9-7-15)21-10-12-26-13-11-21/h2-9,14H,10-13H2,1H3,(H,20,23)/t14-/m0/s1. The molecule has 1 aliphatic heterocycles. The highest BCUT2D eigenvalue weighted by Gasteiger charge is 2.21. The van der Waals surface area contributed by atoms with Gasteiger partial charge in [0.25, 0.3) is 5.91 Å². The number of carbonyl (C=O) groups excluding carboxylic acids is 1. The zero-order valence-corrected chi connectivity index (χ0v) is 15.0. The summed E-state index contributed by atoms with van der Waals surface area (Å²) in [5, 5.41) is 13.8. The monoisotopic (exact) mass is 371 g/mol. The molecule has 8 heteroatoms. The molecule has 1 atom stereocenters. The molecule has 0 aromatic heterocycles. The Hall–Kier alpha value is -3.13. The molecule has 142 valence electrons. The number of nitrogens with one attached hydrogen (secondary N) is 1. The lowest BCUT2D eigenvalue weighted by Gasteiger charge is -2.28. The summed E-state index contributed by atoms with van der Waals surface area (Å²) in [6, 6.07) is 13.5. The first-order valence-corrected chi connectivity index (χ1v) is 8.68. The minimum absolute atomic E-state index is 0.0628. The summed E-state index contributed by atoms with van der Waals surface area (Å²) in [5.74, 6) is -0.319. The van der Waals surface area contributed by atoms with Crippen molar-refractivity contribution in [2.75, 3.05) is 36.5 Å². The molecule has 27 heavy (non-hydrogen) atoms. The molecule has 8 nitrogen and oxygen atoms in total. The molecule has 0 spiro atoms. The number of nitrogens with zero attached hydrogens (tertiary/aromatic N) is 2. The van der Waals surface area contributed by atoms with Crippen LogP contribution in [-0.2, 0) is 9.53 Å². The highest BCUT2D eigenvalue weighted by molar-refractivity contribution is 5.94. The quantitative estimate of drug-likeness (QED) is 0.620. The van der Waals surface area contributed by atoms with Crippen LogP contribution < -0.4 is 15.0 Å². The van der Waals surface area contributed by atoms with Crippen molar-refractivity contribution in [3.63, 3.8) is 0 Å². The molecular weight excluding hydrogens is 350 g/mol. The number of hydrogen-bond acceptors (Lipinski definition) is 6. The van der Waals surface area contributed by atoms with Crippen LogP contribution in [-0.4, -0.2) is 43.2 Å². The number of morpholine rings is 1. The number of hydrogen-bond donors (Lipinski definition) is 1. The normalized spacial score (nSPS) is 15.1. The Bertz CT molecular complexity index is 803. The van der Waals surface area contributed by atoms with E-state index >= 15 is 0 Å². The number of benzene rings is 2. The number of nitro groups is 1. The summed E-state index contributed by atoms with van der Waals surface area (Å²) in [6.45, 7) is 4.64. The van der Waals surface area contributed by atoms with E-state index in [4.69, 9.17) is 9.47 Å². The van der Waals surface area contributed by atoms with Crippen molar-refractivity contribution >= 4 is 23.0 Å². The fraction of sp³-hybridized carbons (Fsp3) is 0.316. The molecule has 1 saturated heterocycles. The largest absolute Gasteiger partial charge is 0.474 e. The van der Waals surface area contributed by atoms with Gasteiger partial charge in [0.05, 0.1) is 18.1 Å². The topological polar surface area (TPSA) is 93.9 Å². The van der Waals surface area contributed by atoms with Gasteiger partial charge in [-0.3, -0.25) is 14.9 Å². The number of para-hydroxylation sites is 2. The second-order valence-electron chi connectivity index (χ2n) is 6.12. The smallest absolute Gasteiger partial charge is 0.310 e. The minimum Gasteiger partial charge on any atom is -0.474 e. The van der Waals surface area contributed by atoms with Crippen LogP contribution in [0.1, 0.15) is 6.92 Å². The SMILES string of the molecule is C[C@H](Oc1ccccc1[N+](=O)[O-])C(=O)Nc1ccc(N2CCOCC2)cc1. The maximum Gasteiger partial charge on any atom is 0.310 e. The molecular formula is C19H21N3O5. The third-order valence-electron chi connectivity index (χ3n) is 4.25. The summed E-state index contributed by atoms with van der Waals surface area (Å²) in [7, 11) is 0. The molecule has 0 aliphatic carbocycles. The predicted molar refractivity (Wildman–Crippen MR) is 101 cm³/mol. The van der Waals surface area contributed by atoms with E-state index in [2.05, 4.69) is 10.2 Å². The number of rotatable bonds is 6. The Labute approximate surface area is 156 Å². The summed E-state index contributed by atoms with van der Waals surface area (Å²) in [5.41, 5.74) is 1.53. The van der Waals surface area contributed by atoms with Gasteiger partial charge >= 0.3 is 5.69 Å². The molecule has 3 rings (SSSR count). The number of anilines is 2. The third kappa shape index (κ3) is 4.73. The van der Waals surface area contributed by atoms with Crippen LogP contribution in [0.15, 0.2) is 48.5 Å². The van der Waals surface area contributed by atoms with E-state index in [1.165, 1.54) is 12.1 Å². The van der Waals surface area contributed by atoms with E-state index < -0.39 is 11.0 Å². The van der Waals surface area contributed by atoms with E-state index in [0.717, 1.165) is 18.8 Å². The highest BCUT2D eigenvalue weighted by atomic mass is 16.6. The molecule has 1 amide bonds. The van der Waals surface area contributed by atoms with E-state index in [9.17, 15) is 14.9 Å². The van der Waals surface area contributed by atoms with Crippen LogP contribution in [0.5, 0.6) is 5.75 Å². The second-order valence-corrected chi connectivity index (χ2v) is 6.12. The predicted octanol–water partition coefficient (Wildman–Crippen LogP) is 2.84. The first-order valence-electron chi connectivity index (χ1n) is 8.68. The number of ether oxygens (including phenoxy) is 2. The maximum absolute atomic E-state index is 12.4. The average Bonchev–Trinajstić information content (AvgIpc) is 2.69. The maximum atomic E-state index is 12.4. The number of nitro benzene ring substituents is 1. The van der Waals surface area contributed by atoms with E-state index in [0.29, 0.717) is 18.9 Å². The van der Waals surface area contributed by atoms with Gasteiger partial charge in [-0.1, -0.05) is 12.1 Å². The van der Waals surface area contributed by atoms with E-state index in [1.807, 2.05) is 24.3 Å². The molecule has 2 aromatic carbocycles. The number of carbonyl (C=O) groups is 1. The molecule has 2 aromatic rings. The molecule has 0 saturated carbocycles. The van der Waals surface area contributed by atoms with Crippen LogP contribution in [0.25, 0.3) is 0 Å². The zero-order valence-electron chi connectivity index (χ0n) is 15.0. The van der Waals surface area contributed by atoms with Crippen molar-refractivity contribution in [1.82, 2.24) is 0 Å². The first kappa shape index (κ1) is 18.7. The molecule has 0 bridgehead atoms. The minimum atomic E-state index is -0.884. The van der Waals surface area contributed by atoms with Crippen LogP contribution in [0.2, 0.25) is 0 Å². The van der Waals surface area contributed by atoms with Gasteiger partial charge in [0.15, 0.2) is 11.9 Å². The van der Waals surface area contributed by atoms with Crippen molar-refractivity contribution < 1.29 is 19.2 Å². The summed E-state index contributed by atoms with van der Waals surface area (Å²) >= 11 is 0. The second kappa shape index (κ2) is 8.50. The van der Waals surface area contributed by atoms with Gasteiger partial charge in [-0.05, 0) is 37.3 Å². The lowest BCUT2D eigenvalue weighted by Crippen LogP contribution is -2.36. The Kier molecular flexibility index (Phi) is 5.87. The van der Waals surface area contributed by atoms with Gasteiger partial charge in [0, 0.05) is 30.5 Å². The summed E-state index contributed by atoms with van der Waals surface area (Å²) < 4.78 is 10.8. The number of amides is 1. The Balaban J connectivity index is 1.60. The summed E-state index contributed by atoms with van der Waals surface area (Å²) in [6.07, 6.45) is -0.884. The van der Waals surface area contributed by atoms with Gasteiger partial charge in [-0.25, -0.2) is 0 Å². The van der Waals surface area contributed by atoms with Crippen molar-refractivity contribution in [3.05, 3.63) is 58.6 Å². The van der Waals surface area contributed by atoms with Crippen molar-refractivity contribution in [3.8, 4) is 5.75 Å².